The van der Waals surface area contributed by atoms with E-state index in [9.17, 15) is 14.9 Å². The number of ether oxygens (including phenoxy) is 2. The van der Waals surface area contributed by atoms with Gasteiger partial charge in [0.15, 0.2) is 11.5 Å². The zero-order valence-corrected chi connectivity index (χ0v) is 12.1. The van der Waals surface area contributed by atoms with Gasteiger partial charge in [-0.3, -0.25) is 14.9 Å². The molecular formula is C13H18N2O6. The van der Waals surface area contributed by atoms with Crippen molar-refractivity contribution in [1.82, 2.24) is 0 Å². The minimum absolute atomic E-state index is 0.0186. The van der Waals surface area contributed by atoms with Crippen molar-refractivity contribution in [3.05, 3.63) is 22.2 Å². The number of methoxy groups -OCH3 is 2. The molecule has 0 aliphatic heterocycles. The summed E-state index contributed by atoms with van der Waals surface area (Å²) in [6, 6.07) is 2.50. The number of nitro benzene ring substituents is 1. The molecule has 0 spiro atoms. The van der Waals surface area contributed by atoms with Crippen molar-refractivity contribution in [1.29, 1.82) is 0 Å². The Morgan fingerprint density at radius 1 is 1.38 bits per heavy atom. The van der Waals surface area contributed by atoms with Gasteiger partial charge in [-0.1, -0.05) is 0 Å². The highest BCUT2D eigenvalue weighted by atomic mass is 16.6. The number of carboxylic acids is 1. The lowest BCUT2D eigenvalue weighted by Gasteiger charge is -2.16. The van der Waals surface area contributed by atoms with Crippen LogP contribution in [0, 0.1) is 10.1 Å². The third kappa shape index (κ3) is 4.51. The number of carboxylic acid groups (broad SMARTS) is 1. The van der Waals surface area contributed by atoms with Crippen LogP contribution in [-0.2, 0) is 4.79 Å². The molecule has 21 heavy (non-hydrogen) atoms. The first-order chi connectivity index (χ1) is 9.88. The maximum atomic E-state index is 11.1. The number of nitro groups is 1. The Kier molecular flexibility index (Phi) is 5.77. The zero-order chi connectivity index (χ0) is 16.0. The topological polar surface area (TPSA) is 111 Å². The molecule has 0 radical (unpaired) electrons. The van der Waals surface area contributed by atoms with E-state index in [0.717, 1.165) is 0 Å². The quantitative estimate of drug-likeness (QED) is 0.559. The molecule has 0 aromatic heterocycles. The molecule has 0 aliphatic carbocycles. The fraction of sp³-hybridized carbons (Fsp3) is 0.462. The largest absolute Gasteiger partial charge is 0.493 e. The lowest BCUT2D eigenvalue weighted by Crippen LogP contribution is -2.17. The highest BCUT2D eigenvalue weighted by molar-refractivity contribution is 5.69. The molecule has 0 saturated heterocycles. The van der Waals surface area contributed by atoms with Gasteiger partial charge in [0.05, 0.1) is 25.2 Å². The molecule has 0 aliphatic rings. The Morgan fingerprint density at radius 2 is 1.95 bits per heavy atom. The van der Waals surface area contributed by atoms with Crippen LogP contribution in [-0.4, -0.2) is 36.3 Å². The molecule has 8 heteroatoms. The maximum absolute atomic E-state index is 11.1. The highest BCUT2D eigenvalue weighted by Crippen LogP contribution is 2.38. The lowest BCUT2D eigenvalue weighted by molar-refractivity contribution is -0.384. The fourth-order valence-corrected chi connectivity index (χ4v) is 1.81. The number of carbonyl (C=O) groups is 1. The molecule has 0 fully saturated rings. The summed E-state index contributed by atoms with van der Waals surface area (Å²) >= 11 is 0. The Balaban J connectivity index is 3.03. The monoisotopic (exact) mass is 298 g/mol. The summed E-state index contributed by atoms with van der Waals surface area (Å²) in [5.41, 5.74) is 0.102. The van der Waals surface area contributed by atoms with E-state index in [-0.39, 0.29) is 29.6 Å². The van der Waals surface area contributed by atoms with E-state index in [2.05, 4.69) is 5.32 Å². The number of hydrogen-bond donors (Lipinski definition) is 2. The third-order valence-electron chi connectivity index (χ3n) is 2.89. The van der Waals surface area contributed by atoms with Crippen LogP contribution in [0.25, 0.3) is 0 Å². The normalized spacial score (nSPS) is 11.6. The summed E-state index contributed by atoms with van der Waals surface area (Å²) in [6.45, 7) is 1.75. The van der Waals surface area contributed by atoms with Crippen LogP contribution in [0.1, 0.15) is 19.8 Å². The van der Waals surface area contributed by atoms with Crippen LogP contribution < -0.4 is 14.8 Å². The van der Waals surface area contributed by atoms with Crippen molar-refractivity contribution >= 4 is 17.3 Å². The summed E-state index contributed by atoms with van der Waals surface area (Å²) in [7, 11) is 2.82. The molecule has 1 aromatic rings. The average molecular weight is 298 g/mol. The van der Waals surface area contributed by atoms with E-state index in [1.165, 1.54) is 26.4 Å². The summed E-state index contributed by atoms with van der Waals surface area (Å²) in [5.74, 6) is -0.297. The van der Waals surface area contributed by atoms with E-state index < -0.39 is 10.9 Å². The van der Waals surface area contributed by atoms with E-state index in [4.69, 9.17) is 14.6 Å². The van der Waals surface area contributed by atoms with E-state index in [0.29, 0.717) is 12.2 Å². The van der Waals surface area contributed by atoms with E-state index in [1.807, 2.05) is 0 Å². The number of nitrogens with one attached hydrogen (secondary N) is 1. The number of rotatable bonds is 8. The van der Waals surface area contributed by atoms with Crippen LogP contribution in [0.3, 0.4) is 0 Å². The van der Waals surface area contributed by atoms with Crippen molar-refractivity contribution in [2.24, 2.45) is 0 Å². The number of nitrogens with zero attached hydrogens (tertiary/aromatic N) is 1. The molecule has 1 unspecified atom stereocenters. The smallest absolute Gasteiger partial charge is 0.303 e. The molecule has 0 amide bonds. The summed E-state index contributed by atoms with van der Waals surface area (Å²) in [4.78, 5) is 21.1. The predicted molar refractivity (Wildman–Crippen MR) is 76.2 cm³/mol. The van der Waals surface area contributed by atoms with Crippen LogP contribution in [0.15, 0.2) is 12.1 Å². The Morgan fingerprint density at radius 3 is 2.43 bits per heavy atom. The molecule has 1 aromatic carbocycles. The molecule has 0 heterocycles. The van der Waals surface area contributed by atoms with Crippen LogP contribution >= 0.6 is 0 Å². The Bertz CT molecular complexity index is 532. The minimum atomic E-state index is -0.912. The Labute approximate surface area is 121 Å². The van der Waals surface area contributed by atoms with Crippen molar-refractivity contribution in [2.75, 3.05) is 19.5 Å². The van der Waals surface area contributed by atoms with Gasteiger partial charge in [-0.2, -0.15) is 0 Å². The van der Waals surface area contributed by atoms with Crippen molar-refractivity contribution in [2.45, 2.75) is 25.8 Å². The SMILES string of the molecule is COc1cc(NC(C)CCC(=O)O)c([N+](=O)[O-])cc1OC. The lowest BCUT2D eigenvalue weighted by atomic mass is 10.1. The third-order valence-corrected chi connectivity index (χ3v) is 2.89. The second kappa shape index (κ2) is 7.32. The van der Waals surface area contributed by atoms with E-state index >= 15 is 0 Å². The molecule has 0 saturated carbocycles. The number of anilines is 1. The van der Waals surface area contributed by atoms with Gasteiger partial charge in [-0.15, -0.1) is 0 Å². The summed E-state index contributed by atoms with van der Waals surface area (Å²) < 4.78 is 10.1. The van der Waals surface area contributed by atoms with E-state index in [1.54, 1.807) is 6.92 Å². The molecule has 116 valence electrons. The first-order valence-electron chi connectivity index (χ1n) is 6.27. The standard InChI is InChI=1S/C13H18N2O6/c1-8(4-5-13(16)17)14-9-6-11(20-2)12(21-3)7-10(9)15(18)19/h6-8,14H,4-5H2,1-3H3,(H,16,17). The van der Waals surface area contributed by atoms with Gasteiger partial charge < -0.3 is 19.9 Å². The number of benzene rings is 1. The molecule has 1 atom stereocenters. The van der Waals surface area contributed by atoms with Crippen LogP contribution in [0.5, 0.6) is 11.5 Å². The highest BCUT2D eigenvalue weighted by Gasteiger charge is 2.20. The average Bonchev–Trinajstić information content (AvgIpc) is 2.44. The van der Waals surface area contributed by atoms with Crippen molar-refractivity contribution in [3.63, 3.8) is 0 Å². The maximum Gasteiger partial charge on any atom is 0.303 e. The zero-order valence-electron chi connectivity index (χ0n) is 12.1. The van der Waals surface area contributed by atoms with Gasteiger partial charge in [-0.25, -0.2) is 0 Å². The van der Waals surface area contributed by atoms with Gasteiger partial charge >= 0.3 is 5.97 Å². The summed E-state index contributed by atoms with van der Waals surface area (Å²) in [6.07, 6.45) is 0.329. The molecule has 1 rings (SSSR count). The van der Waals surface area contributed by atoms with Crippen molar-refractivity contribution < 1.29 is 24.3 Å². The van der Waals surface area contributed by atoms with Gasteiger partial charge in [-0.05, 0) is 13.3 Å². The van der Waals surface area contributed by atoms with Crippen molar-refractivity contribution in [3.8, 4) is 11.5 Å². The van der Waals surface area contributed by atoms with Gasteiger partial charge in [0.25, 0.3) is 5.69 Å². The first-order valence-corrected chi connectivity index (χ1v) is 6.27. The minimum Gasteiger partial charge on any atom is -0.493 e. The molecule has 2 N–H and O–H groups in total. The van der Waals surface area contributed by atoms with Crippen LogP contribution in [0.4, 0.5) is 11.4 Å². The predicted octanol–water partition coefficient (Wildman–Crippen LogP) is 2.28. The van der Waals surface area contributed by atoms with Crippen LogP contribution in [0.2, 0.25) is 0 Å². The van der Waals surface area contributed by atoms with Gasteiger partial charge in [0.1, 0.15) is 5.69 Å². The second-order valence-electron chi connectivity index (χ2n) is 4.46. The molecule has 0 bridgehead atoms. The Hall–Kier alpha value is -2.51. The second-order valence-corrected chi connectivity index (χ2v) is 4.46. The van der Waals surface area contributed by atoms with Gasteiger partial charge in [0, 0.05) is 18.5 Å². The molecule has 8 nitrogen and oxygen atoms in total. The number of aliphatic carboxylic acids is 1. The summed E-state index contributed by atoms with van der Waals surface area (Å²) in [5, 5.41) is 22.7. The molecular weight excluding hydrogens is 280 g/mol. The fourth-order valence-electron chi connectivity index (χ4n) is 1.81. The number of hydrogen-bond acceptors (Lipinski definition) is 6. The van der Waals surface area contributed by atoms with Gasteiger partial charge in [0.2, 0.25) is 0 Å². The first kappa shape index (κ1) is 16.5.